The van der Waals surface area contributed by atoms with Gasteiger partial charge in [0, 0.05) is 52.2 Å². The monoisotopic (exact) mass is 487 g/mol. The van der Waals surface area contributed by atoms with Crippen molar-refractivity contribution in [3.8, 4) is 5.75 Å². The lowest BCUT2D eigenvalue weighted by molar-refractivity contribution is 0.107. The summed E-state index contributed by atoms with van der Waals surface area (Å²) in [7, 11) is 1.82. The summed E-state index contributed by atoms with van der Waals surface area (Å²) in [5.74, 6) is 1.87. The summed E-state index contributed by atoms with van der Waals surface area (Å²) >= 11 is 0. The average molecular weight is 487 g/mol. The Hall–Kier alpha value is -1.06. The van der Waals surface area contributed by atoms with Crippen LogP contribution in [0.1, 0.15) is 19.4 Å². The minimum absolute atomic E-state index is 0. The summed E-state index contributed by atoms with van der Waals surface area (Å²) in [5.41, 5.74) is 1.29. The van der Waals surface area contributed by atoms with Crippen LogP contribution in [0, 0.1) is 0 Å². The number of hydrogen-bond donors (Lipinski definition) is 2. The van der Waals surface area contributed by atoms with Gasteiger partial charge in [0.05, 0.1) is 6.54 Å². The number of aliphatic imine (C=N–C) groups is 1. The van der Waals surface area contributed by atoms with Gasteiger partial charge in [0.1, 0.15) is 11.9 Å². The molecule has 2 unspecified atom stereocenters. The zero-order valence-corrected chi connectivity index (χ0v) is 19.1. The van der Waals surface area contributed by atoms with Crippen LogP contribution in [0.3, 0.4) is 0 Å². The molecule has 0 spiro atoms. The Morgan fingerprint density at radius 1 is 1.22 bits per heavy atom. The fourth-order valence-corrected chi connectivity index (χ4v) is 3.69. The molecule has 2 atom stereocenters. The molecule has 0 radical (unpaired) electrons. The SMILES string of the molecule is CCN1CCN(C(C)CNC(=NC)NCC2Cc3ccccc3O2)CC1.I. The van der Waals surface area contributed by atoms with Crippen LogP contribution >= 0.6 is 24.0 Å². The van der Waals surface area contributed by atoms with Crippen LogP contribution in [-0.4, -0.2) is 80.8 Å². The lowest BCUT2D eigenvalue weighted by Gasteiger charge is -2.37. The Balaban J connectivity index is 0.00000261. The Labute approximate surface area is 180 Å². The van der Waals surface area contributed by atoms with E-state index in [9.17, 15) is 0 Å². The van der Waals surface area contributed by atoms with Crippen LogP contribution < -0.4 is 15.4 Å². The maximum absolute atomic E-state index is 5.99. The van der Waals surface area contributed by atoms with E-state index in [0.717, 1.165) is 50.9 Å². The zero-order valence-electron chi connectivity index (χ0n) is 16.8. The number of ether oxygens (including phenoxy) is 1. The third kappa shape index (κ3) is 6.22. The van der Waals surface area contributed by atoms with Gasteiger partial charge in [-0.2, -0.15) is 0 Å². The highest BCUT2D eigenvalue weighted by molar-refractivity contribution is 14.0. The van der Waals surface area contributed by atoms with Crippen molar-refractivity contribution in [2.75, 3.05) is 52.9 Å². The molecule has 1 saturated heterocycles. The second kappa shape index (κ2) is 11.1. The maximum atomic E-state index is 5.99. The van der Waals surface area contributed by atoms with Crippen LogP contribution in [0.2, 0.25) is 0 Å². The molecule has 1 aromatic carbocycles. The average Bonchev–Trinajstić information content (AvgIpc) is 3.11. The van der Waals surface area contributed by atoms with Crippen molar-refractivity contribution in [2.45, 2.75) is 32.4 Å². The van der Waals surface area contributed by atoms with Crippen LogP contribution in [0.4, 0.5) is 0 Å². The molecule has 0 bridgehead atoms. The van der Waals surface area contributed by atoms with Crippen LogP contribution in [0.15, 0.2) is 29.3 Å². The van der Waals surface area contributed by atoms with Gasteiger partial charge in [-0.1, -0.05) is 25.1 Å². The molecule has 2 N–H and O–H groups in total. The first-order valence-corrected chi connectivity index (χ1v) is 9.85. The van der Waals surface area contributed by atoms with Crippen molar-refractivity contribution < 1.29 is 4.74 Å². The molecule has 2 aliphatic heterocycles. The summed E-state index contributed by atoms with van der Waals surface area (Å²) in [6, 6.07) is 8.78. The molecule has 0 aliphatic carbocycles. The number of nitrogens with one attached hydrogen (secondary N) is 2. The first-order chi connectivity index (χ1) is 12.7. The van der Waals surface area contributed by atoms with Gasteiger partial charge in [-0.3, -0.25) is 9.89 Å². The topological polar surface area (TPSA) is 52.1 Å². The van der Waals surface area contributed by atoms with Gasteiger partial charge in [0.25, 0.3) is 0 Å². The lowest BCUT2D eigenvalue weighted by Crippen LogP contribution is -2.53. The van der Waals surface area contributed by atoms with Crippen LogP contribution in [0.25, 0.3) is 0 Å². The second-order valence-electron chi connectivity index (χ2n) is 7.20. The number of guanidine groups is 1. The lowest BCUT2D eigenvalue weighted by atomic mass is 10.1. The van der Waals surface area contributed by atoms with Crippen molar-refractivity contribution in [1.29, 1.82) is 0 Å². The Morgan fingerprint density at radius 3 is 2.63 bits per heavy atom. The van der Waals surface area contributed by atoms with E-state index in [2.05, 4.69) is 51.4 Å². The van der Waals surface area contributed by atoms with Gasteiger partial charge in [-0.25, -0.2) is 0 Å². The smallest absolute Gasteiger partial charge is 0.191 e. The molecule has 152 valence electrons. The molecule has 6 nitrogen and oxygen atoms in total. The van der Waals surface area contributed by atoms with E-state index in [1.807, 2.05) is 19.2 Å². The van der Waals surface area contributed by atoms with Gasteiger partial charge in [-0.15, -0.1) is 24.0 Å². The Kier molecular flexibility index (Phi) is 9.11. The molecule has 7 heteroatoms. The standard InChI is InChI=1S/C20H33N5O.HI/c1-4-24-9-11-25(12-10-24)16(2)14-22-20(21-3)23-15-18-13-17-7-5-6-8-19(17)26-18;/h5-8,16,18H,4,9-15H2,1-3H3,(H2,21,22,23);1H. The number of hydrogen-bond acceptors (Lipinski definition) is 4. The van der Waals surface area contributed by atoms with Crippen LogP contribution in [0.5, 0.6) is 5.75 Å². The third-order valence-corrected chi connectivity index (χ3v) is 5.48. The summed E-state index contributed by atoms with van der Waals surface area (Å²) in [6.45, 7) is 12.0. The summed E-state index contributed by atoms with van der Waals surface area (Å²) in [6.07, 6.45) is 1.13. The number of para-hydroxylation sites is 1. The molecule has 0 saturated carbocycles. The van der Waals surface area contributed by atoms with E-state index in [1.165, 1.54) is 18.7 Å². The predicted molar refractivity (Wildman–Crippen MR) is 122 cm³/mol. The predicted octanol–water partition coefficient (Wildman–Crippen LogP) is 1.80. The first-order valence-electron chi connectivity index (χ1n) is 9.85. The molecular formula is C20H34IN5O. The zero-order chi connectivity index (χ0) is 18.4. The summed E-state index contributed by atoms with van der Waals surface area (Å²) in [5, 5.41) is 6.87. The normalized spacial score (nSPS) is 21.7. The Bertz CT molecular complexity index is 579. The van der Waals surface area contributed by atoms with E-state index < -0.39 is 0 Å². The number of rotatable bonds is 6. The maximum Gasteiger partial charge on any atom is 0.191 e. The number of nitrogens with zero attached hydrogens (tertiary/aromatic N) is 3. The minimum Gasteiger partial charge on any atom is -0.488 e. The first kappa shape index (κ1) is 22.2. The molecular weight excluding hydrogens is 453 g/mol. The molecule has 3 rings (SSSR count). The number of benzene rings is 1. The van der Waals surface area contributed by atoms with Crippen molar-refractivity contribution >= 4 is 29.9 Å². The molecule has 1 fully saturated rings. The van der Waals surface area contributed by atoms with E-state index in [4.69, 9.17) is 4.74 Å². The van der Waals surface area contributed by atoms with Crippen LogP contribution in [-0.2, 0) is 6.42 Å². The minimum atomic E-state index is 0. The van der Waals surface area contributed by atoms with Gasteiger partial charge in [0.2, 0.25) is 0 Å². The number of piperazine rings is 1. The van der Waals surface area contributed by atoms with Gasteiger partial charge < -0.3 is 20.3 Å². The molecule has 0 amide bonds. The quantitative estimate of drug-likeness (QED) is 0.364. The molecule has 27 heavy (non-hydrogen) atoms. The fraction of sp³-hybridized carbons (Fsp3) is 0.650. The van der Waals surface area contributed by atoms with Gasteiger partial charge in [0.15, 0.2) is 5.96 Å². The molecule has 1 aromatic rings. The fourth-order valence-electron chi connectivity index (χ4n) is 3.69. The number of likely N-dealkylation sites (N-methyl/N-ethyl adjacent to an activating group) is 1. The van der Waals surface area contributed by atoms with Crippen molar-refractivity contribution in [1.82, 2.24) is 20.4 Å². The highest BCUT2D eigenvalue weighted by Gasteiger charge is 2.23. The molecule has 2 aliphatic rings. The summed E-state index contributed by atoms with van der Waals surface area (Å²) < 4.78 is 5.99. The Morgan fingerprint density at radius 2 is 1.96 bits per heavy atom. The van der Waals surface area contributed by atoms with E-state index in [1.54, 1.807) is 0 Å². The van der Waals surface area contributed by atoms with Crippen molar-refractivity contribution in [2.24, 2.45) is 4.99 Å². The largest absolute Gasteiger partial charge is 0.488 e. The van der Waals surface area contributed by atoms with E-state index >= 15 is 0 Å². The van der Waals surface area contributed by atoms with E-state index in [0.29, 0.717) is 6.04 Å². The highest BCUT2D eigenvalue weighted by atomic mass is 127. The van der Waals surface area contributed by atoms with Gasteiger partial charge in [-0.05, 0) is 25.1 Å². The summed E-state index contributed by atoms with van der Waals surface area (Å²) in [4.78, 5) is 9.42. The molecule has 2 heterocycles. The van der Waals surface area contributed by atoms with E-state index in [-0.39, 0.29) is 30.1 Å². The number of fused-ring (bicyclic) bond motifs is 1. The van der Waals surface area contributed by atoms with Crippen molar-refractivity contribution in [3.63, 3.8) is 0 Å². The molecule has 0 aromatic heterocycles. The van der Waals surface area contributed by atoms with Crippen molar-refractivity contribution in [3.05, 3.63) is 29.8 Å². The second-order valence-corrected chi connectivity index (χ2v) is 7.20. The highest BCUT2D eigenvalue weighted by Crippen LogP contribution is 2.27. The number of halogens is 1. The third-order valence-electron chi connectivity index (χ3n) is 5.48. The van der Waals surface area contributed by atoms with Gasteiger partial charge >= 0.3 is 0 Å².